The Labute approximate surface area is 149 Å². The van der Waals surface area contributed by atoms with Crippen molar-refractivity contribution in [2.75, 3.05) is 26.2 Å². The molecule has 2 saturated heterocycles. The highest BCUT2D eigenvalue weighted by Gasteiger charge is 2.36. The van der Waals surface area contributed by atoms with Crippen molar-refractivity contribution in [1.82, 2.24) is 19.8 Å². The molecule has 0 unspecified atom stereocenters. The van der Waals surface area contributed by atoms with E-state index in [4.69, 9.17) is 4.74 Å². The first-order chi connectivity index (χ1) is 12.3. The smallest absolute Gasteiger partial charge is 0.0892 e. The number of piperazine rings is 1. The molecule has 5 heteroatoms. The lowest BCUT2D eigenvalue weighted by Crippen LogP contribution is -2.49. The Bertz CT molecular complexity index is 693. The van der Waals surface area contributed by atoms with Gasteiger partial charge >= 0.3 is 0 Å². The van der Waals surface area contributed by atoms with Crippen LogP contribution in [0, 0.1) is 6.92 Å². The maximum atomic E-state index is 6.16. The first-order valence-electron chi connectivity index (χ1n) is 9.16. The van der Waals surface area contributed by atoms with Gasteiger partial charge in [0.1, 0.15) is 0 Å². The number of ether oxygens (including phenoxy) is 1. The van der Waals surface area contributed by atoms with Crippen molar-refractivity contribution in [3.8, 4) is 0 Å². The second kappa shape index (κ2) is 7.60. The topological polar surface area (TPSA) is 41.5 Å². The summed E-state index contributed by atoms with van der Waals surface area (Å²) in [6.45, 7) is 8.07. The molecule has 4 rings (SSSR count). The van der Waals surface area contributed by atoms with Crippen molar-refractivity contribution in [3.05, 3.63) is 59.7 Å². The number of fused-ring (bicyclic) bond motifs is 1. The normalized spacial score (nSPS) is 24.4. The molecule has 2 aromatic heterocycles. The summed E-state index contributed by atoms with van der Waals surface area (Å²) in [5.41, 5.74) is 3.38. The van der Waals surface area contributed by atoms with Crippen LogP contribution in [0.4, 0.5) is 0 Å². The molecule has 0 aromatic carbocycles. The number of hydrogen-bond acceptors (Lipinski definition) is 5. The lowest BCUT2D eigenvalue weighted by molar-refractivity contribution is 0.0439. The van der Waals surface area contributed by atoms with Gasteiger partial charge in [0.25, 0.3) is 0 Å². The lowest BCUT2D eigenvalue weighted by Gasteiger charge is -2.37. The van der Waals surface area contributed by atoms with Gasteiger partial charge in [-0.25, -0.2) is 0 Å². The standard InChI is InChI=1S/C20H26N4O/c1-16-4-2-6-18(22-16)15-25-20-10-19-13-23(8-9-24(19)14-20)12-17-5-3-7-21-11-17/h2-7,11,19-20H,8-10,12-15H2,1H3/t19-,20-/m0/s1. The van der Waals surface area contributed by atoms with E-state index < -0.39 is 0 Å². The first-order valence-corrected chi connectivity index (χ1v) is 9.16. The zero-order valence-electron chi connectivity index (χ0n) is 14.8. The zero-order valence-corrected chi connectivity index (χ0v) is 14.8. The fourth-order valence-corrected chi connectivity index (χ4v) is 3.96. The summed E-state index contributed by atoms with van der Waals surface area (Å²) >= 11 is 0. The van der Waals surface area contributed by atoms with E-state index in [9.17, 15) is 0 Å². The fraction of sp³-hybridized carbons (Fsp3) is 0.500. The maximum absolute atomic E-state index is 6.16. The molecular formula is C20H26N4O. The Morgan fingerprint density at radius 1 is 1.16 bits per heavy atom. The van der Waals surface area contributed by atoms with Crippen LogP contribution in [-0.4, -0.2) is 58.1 Å². The molecule has 2 atom stereocenters. The third-order valence-electron chi connectivity index (χ3n) is 5.20. The highest BCUT2D eigenvalue weighted by molar-refractivity contribution is 5.10. The molecule has 2 aliphatic rings. The Kier molecular flexibility index (Phi) is 5.06. The molecule has 0 saturated carbocycles. The predicted octanol–water partition coefficient (Wildman–Crippen LogP) is 2.26. The van der Waals surface area contributed by atoms with Gasteiger partial charge in [0.15, 0.2) is 0 Å². The number of rotatable bonds is 5. The van der Waals surface area contributed by atoms with Crippen LogP contribution < -0.4 is 0 Å². The average molecular weight is 338 g/mol. The van der Waals surface area contributed by atoms with Gasteiger partial charge < -0.3 is 4.74 Å². The van der Waals surface area contributed by atoms with E-state index in [2.05, 4.69) is 31.9 Å². The lowest BCUT2D eigenvalue weighted by atomic mass is 10.1. The average Bonchev–Trinajstić information content (AvgIpc) is 3.03. The van der Waals surface area contributed by atoms with E-state index in [1.807, 2.05) is 37.5 Å². The van der Waals surface area contributed by atoms with Crippen molar-refractivity contribution < 1.29 is 4.74 Å². The molecule has 0 radical (unpaired) electrons. The largest absolute Gasteiger partial charge is 0.371 e. The summed E-state index contributed by atoms with van der Waals surface area (Å²) in [4.78, 5) is 13.9. The van der Waals surface area contributed by atoms with Gasteiger partial charge in [0.05, 0.1) is 18.4 Å². The summed E-state index contributed by atoms with van der Waals surface area (Å²) in [5.74, 6) is 0. The Hall–Kier alpha value is -1.82. The molecule has 2 aromatic rings. The maximum Gasteiger partial charge on any atom is 0.0892 e. The van der Waals surface area contributed by atoms with Gasteiger partial charge in [0.2, 0.25) is 0 Å². The van der Waals surface area contributed by atoms with Gasteiger partial charge in [-0.1, -0.05) is 12.1 Å². The number of aromatic nitrogens is 2. The van der Waals surface area contributed by atoms with Crippen molar-refractivity contribution >= 4 is 0 Å². The van der Waals surface area contributed by atoms with E-state index in [0.717, 1.165) is 50.5 Å². The Morgan fingerprint density at radius 3 is 2.96 bits per heavy atom. The van der Waals surface area contributed by atoms with Crippen molar-refractivity contribution in [1.29, 1.82) is 0 Å². The summed E-state index contributed by atoms with van der Waals surface area (Å²) < 4.78 is 6.16. The number of aryl methyl sites for hydroxylation is 1. The third-order valence-corrected chi connectivity index (χ3v) is 5.20. The molecule has 132 valence electrons. The summed E-state index contributed by atoms with van der Waals surface area (Å²) in [5, 5.41) is 0. The molecule has 0 N–H and O–H groups in total. The molecule has 4 heterocycles. The highest BCUT2D eigenvalue weighted by atomic mass is 16.5. The summed E-state index contributed by atoms with van der Waals surface area (Å²) in [6, 6.07) is 10.9. The van der Waals surface area contributed by atoms with Crippen LogP contribution in [0.15, 0.2) is 42.7 Å². The zero-order chi connectivity index (χ0) is 17.1. The number of nitrogens with zero attached hydrogens (tertiary/aromatic N) is 4. The molecule has 0 aliphatic carbocycles. The summed E-state index contributed by atoms with van der Waals surface area (Å²) in [6.07, 6.45) is 5.26. The third kappa shape index (κ3) is 4.24. The fourth-order valence-electron chi connectivity index (χ4n) is 3.96. The molecule has 5 nitrogen and oxygen atoms in total. The molecule has 2 fully saturated rings. The minimum atomic E-state index is 0.325. The van der Waals surface area contributed by atoms with Crippen LogP contribution in [0.1, 0.15) is 23.4 Å². The van der Waals surface area contributed by atoms with Gasteiger partial charge in [-0.3, -0.25) is 19.8 Å². The first kappa shape index (κ1) is 16.6. The minimum absolute atomic E-state index is 0.325. The number of pyridine rings is 2. The van der Waals surface area contributed by atoms with Crippen LogP contribution in [0.2, 0.25) is 0 Å². The van der Waals surface area contributed by atoms with Gasteiger partial charge in [0, 0.05) is 56.9 Å². The van der Waals surface area contributed by atoms with E-state index in [-0.39, 0.29) is 0 Å². The van der Waals surface area contributed by atoms with Crippen LogP contribution in [0.3, 0.4) is 0 Å². The second-order valence-corrected chi connectivity index (χ2v) is 7.18. The predicted molar refractivity (Wildman–Crippen MR) is 97.0 cm³/mol. The summed E-state index contributed by atoms with van der Waals surface area (Å²) in [7, 11) is 0. The molecule has 25 heavy (non-hydrogen) atoms. The van der Waals surface area contributed by atoms with Gasteiger partial charge in [-0.2, -0.15) is 0 Å². The quantitative estimate of drug-likeness (QED) is 0.836. The van der Waals surface area contributed by atoms with Crippen LogP contribution >= 0.6 is 0 Å². The minimum Gasteiger partial charge on any atom is -0.371 e. The molecular weight excluding hydrogens is 312 g/mol. The molecule has 2 aliphatic heterocycles. The van der Waals surface area contributed by atoms with Crippen molar-refractivity contribution in [2.24, 2.45) is 0 Å². The molecule has 0 bridgehead atoms. The Morgan fingerprint density at radius 2 is 2.12 bits per heavy atom. The second-order valence-electron chi connectivity index (χ2n) is 7.18. The van der Waals surface area contributed by atoms with Crippen molar-refractivity contribution in [3.63, 3.8) is 0 Å². The Balaban J connectivity index is 1.28. The molecule has 0 spiro atoms. The van der Waals surface area contributed by atoms with E-state index in [1.165, 1.54) is 5.56 Å². The van der Waals surface area contributed by atoms with E-state index in [0.29, 0.717) is 18.8 Å². The molecule has 0 amide bonds. The van der Waals surface area contributed by atoms with Gasteiger partial charge in [-0.05, 0) is 37.1 Å². The number of hydrogen-bond donors (Lipinski definition) is 0. The SMILES string of the molecule is Cc1cccc(CO[C@H]2C[C@H]3CN(Cc4cccnc4)CCN3C2)n1. The van der Waals surface area contributed by atoms with E-state index in [1.54, 1.807) is 0 Å². The van der Waals surface area contributed by atoms with Crippen LogP contribution in [0.5, 0.6) is 0 Å². The highest BCUT2D eigenvalue weighted by Crippen LogP contribution is 2.25. The monoisotopic (exact) mass is 338 g/mol. The van der Waals surface area contributed by atoms with Crippen LogP contribution in [-0.2, 0) is 17.9 Å². The van der Waals surface area contributed by atoms with Crippen LogP contribution in [0.25, 0.3) is 0 Å². The van der Waals surface area contributed by atoms with Crippen molar-refractivity contribution in [2.45, 2.75) is 38.6 Å². The van der Waals surface area contributed by atoms with Gasteiger partial charge in [-0.15, -0.1) is 0 Å². The van der Waals surface area contributed by atoms with E-state index >= 15 is 0 Å².